The van der Waals surface area contributed by atoms with Crippen LogP contribution in [0.3, 0.4) is 0 Å². The van der Waals surface area contributed by atoms with Crippen LogP contribution in [0.2, 0.25) is 0 Å². The normalized spacial score (nSPS) is 10.5. The fraction of sp³-hybridized carbons (Fsp3) is 0. The minimum Gasteiger partial charge on any atom is -0.366 e. The van der Waals surface area contributed by atoms with Gasteiger partial charge in [0.15, 0.2) is 10.6 Å². The highest BCUT2D eigenvalue weighted by atomic mass is 32.1. The molecule has 0 fully saturated rings. The number of nitrogens with two attached hydrogens (primary N) is 1. The number of carbonyl (C=O) groups is 1. The van der Waals surface area contributed by atoms with Crippen LogP contribution in [0.4, 0.5) is 0 Å². The van der Waals surface area contributed by atoms with Crippen molar-refractivity contribution in [1.29, 1.82) is 0 Å². The molecule has 1 amide bonds. The van der Waals surface area contributed by atoms with Crippen molar-refractivity contribution in [3.63, 3.8) is 0 Å². The Labute approximate surface area is 125 Å². The van der Waals surface area contributed by atoms with E-state index in [2.05, 4.69) is 15.2 Å². The summed E-state index contributed by atoms with van der Waals surface area (Å²) in [4.78, 5) is 15.6. The van der Waals surface area contributed by atoms with Crippen molar-refractivity contribution in [2.45, 2.75) is 0 Å². The predicted molar refractivity (Wildman–Crippen MR) is 80.5 cm³/mol. The van der Waals surface area contributed by atoms with Crippen molar-refractivity contribution in [2.24, 2.45) is 5.73 Å². The van der Waals surface area contributed by atoms with Gasteiger partial charge in [0.2, 0.25) is 5.91 Å². The highest BCUT2D eigenvalue weighted by molar-refractivity contribution is 7.71. The average molecular weight is 297 g/mol. The number of nitrogens with zero attached hydrogens (tertiary/aromatic N) is 3. The largest absolute Gasteiger partial charge is 0.366 e. The Bertz CT molecular complexity index is 853. The Morgan fingerprint density at radius 1 is 1.24 bits per heavy atom. The van der Waals surface area contributed by atoms with E-state index < -0.39 is 5.91 Å². The van der Waals surface area contributed by atoms with Crippen molar-refractivity contribution < 1.29 is 4.79 Å². The molecule has 0 spiro atoms. The van der Waals surface area contributed by atoms with Gasteiger partial charge in [-0.2, -0.15) is 5.10 Å². The summed E-state index contributed by atoms with van der Waals surface area (Å²) >= 11 is 5.26. The fourth-order valence-electron chi connectivity index (χ4n) is 2.00. The highest BCUT2D eigenvalue weighted by Gasteiger charge is 2.12. The summed E-state index contributed by atoms with van der Waals surface area (Å²) in [6.07, 6.45) is 1.68. The molecule has 0 bridgehead atoms. The van der Waals surface area contributed by atoms with Gasteiger partial charge in [-0.05, 0) is 42.5 Å². The smallest absolute Gasteiger partial charge is 0.248 e. The first-order chi connectivity index (χ1) is 10.2. The second kappa shape index (κ2) is 5.29. The number of nitrogens with one attached hydrogen (secondary N) is 1. The number of hydrogen-bond donors (Lipinski definition) is 2. The molecule has 21 heavy (non-hydrogen) atoms. The van der Waals surface area contributed by atoms with E-state index in [4.69, 9.17) is 18.0 Å². The maximum absolute atomic E-state index is 11.3. The van der Waals surface area contributed by atoms with Crippen molar-refractivity contribution in [1.82, 2.24) is 19.7 Å². The standard InChI is InChI=1S/C14H11N5OS/c15-12(20)9-4-3-5-10(8-9)19-13(17-18-14(19)21)11-6-1-2-7-16-11/h1-8H,(H2,15,20)(H,18,21). The molecule has 104 valence electrons. The van der Waals surface area contributed by atoms with Crippen LogP contribution in [0.15, 0.2) is 48.7 Å². The minimum absolute atomic E-state index is 0.405. The second-order valence-corrected chi connectivity index (χ2v) is 4.70. The average Bonchev–Trinajstić information content (AvgIpc) is 2.90. The van der Waals surface area contributed by atoms with E-state index in [9.17, 15) is 4.79 Å². The first-order valence-corrected chi connectivity index (χ1v) is 6.57. The zero-order valence-corrected chi connectivity index (χ0v) is 11.7. The molecular weight excluding hydrogens is 286 g/mol. The van der Waals surface area contributed by atoms with Gasteiger partial charge in [-0.25, -0.2) is 0 Å². The summed E-state index contributed by atoms with van der Waals surface area (Å²) in [7, 11) is 0. The number of aromatic nitrogens is 4. The van der Waals surface area contributed by atoms with Crippen molar-refractivity contribution in [3.8, 4) is 17.2 Å². The SMILES string of the molecule is NC(=O)c1cccc(-n2c(-c3ccccn3)n[nH]c2=S)c1. The molecule has 7 heteroatoms. The topological polar surface area (TPSA) is 89.6 Å². The third-order valence-electron chi connectivity index (χ3n) is 2.96. The van der Waals surface area contributed by atoms with Crippen LogP contribution in [-0.4, -0.2) is 25.7 Å². The van der Waals surface area contributed by atoms with Crippen LogP contribution in [0.25, 0.3) is 17.2 Å². The van der Waals surface area contributed by atoms with Crippen LogP contribution in [-0.2, 0) is 0 Å². The van der Waals surface area contributed by atoms with Gasteiger partial charge in [0.25, 0.3) is 0 Å². The zero-order valence-electron chi connectivity index (χ0n) is 10.9. The molecule has 0 saturated heterocycles. The molecule has 3 aromatic rings. The number of rotatable bonds is 3. The highest BCUT2D eigenvalue weighted by Crippen LogP contribution is 2.20. The summed E-state index contributed by atoms with van der Waals surface area (Å²) in [6.45, 7) is 0. The third-order valence-corrected chi connectivity index (χ3v) is 3.23. The molecule has 0 aliphatic heterocycles. The fourth-order valence-corrected chi connectivity index (χ4v) is 2.24. The van der Waals surface area contributed by atoms with E-state index in [1.807, 2.05) is 24.3 Å². The summed E-state index contributed by atoms with van der Waals surface area (Å²) in [5, 5.41) is 6.95. The second-order valence-electron chi connectivity index (χ2n) is 4.32. The van der Waals surface area contributed by atoms with Crippen LogP contribution < -0.4 is 5.73 Å². The van der Waals surface area contributed by atoms with Gasteiger partial charge in [0.05, 0.1) is 5.69 Å². The molecule has 3 N–H and O–H groups in total. The Balaban J connectivity index is 2.20. The number of amides is 1. The summed E-state index contributed by atoms with van der Waals surface area (Å²) in [5.41, 5.74) is 7.09. The lowest BCUT2D eigenvalue weighted by molar-refractivity contribution is 0.100. The summed E-state index contributed by atoms with van der Waals surface area (Å²) < 4.78 is 2.13. The molecule has 0 aliphatic carbocycles. The number of pyridine rings is 1. The summed E-state index contributed by atoms with van der Waals surface area (Å²) in [6, 6.07) is 12.4. The van der Waals surface area contributed by atoms with Gasteiger partial charge >= 0.3 is 0 Å². The van der Waals surface area contributed by atoms with Crippen LogP contribution in [0.5, 0.6) is 0 Å². The van der Waals surface area contributed by atoms with Gasteiger partial charge in [-0.3, -0.25) is 19.4 Å². The molecule has 0 aliphatic rings. The van der Waals surface area contributed by atoms with Gasteiger partial charge in [0.1, 0.15) is 5.69 Å². The van der Waals surface area contributed by atoms with Gasteiger partial charge in [-0.15, -0.1) is 0 Å². The van der Waals surface area contributed by atoms with Gasteiger partial charge < -0.3 is 5.73 Å². The van der Waals surface area contributed by atoms with Crippen molar-refractivity contribution >= 4 is 18.1 Å². The van der Waals surface area contributed by atoms with Crippen LogP contribution in [0, 0.1) is 4.77 Å². The number of hydrogen-bond acceptors (Lipinski definition) is 4. The minimum atomic E-state index is -0.494. The molecule has 0 atom stereocenters. The maximum atomic E-state index is 11.3. The Hall–Kier alpha value is -2.80. The quantitative estimate of drug-likeness (QED) is 0.724. The molecule has 6 nitrogen and oxygen atoms in total. The molecule has 0 unspecified atom stereocenters. The lowest BCUT2D eigenvalue weighted by atomic mass is 10.2. The Morgan fingerprint density at radius 3 is 2.81 bits per heavy atom. The van der Waals surface area contributed by atoms with Crippen molar-refractivity contribution in [3.05, 3.63) is 59.0 Å². The van der Waals surface area contributed by atoms with E-state index in [-0.39, 0.29) is 0 Å². The molecule has 3 rings (SSSR count). The summed E-state index contributed by atoms with van der Waals surface area (Å²) in [5.74, 6) is 0.0773. The first-order valence-electron chi connectivity index (χ1n) is 6.16. The number of aromatic amines is 1. The lowest BCUT2D eigenvalue weighted by Gasteiger charge is -2.07. The Kier molecular flexibility index (Phi) is 3.33. The van der Waals surface area contributed by atoms with E-state index in [0.29, 0.717) is 27.5 Å². The molecule has 0 radical (unpaired) electrons. The van der Waals surface area contributed by atoms with E-state index in [1.165, 1.54) is 0 Å². The molecular formula is C14H11N5OS. The third kappa shape index (κ3) is 2.46. The van der Waals surface area contributed by atoms with Gasteiger partial charge in [0, 0.05) is 11.8 Å². The van der Waals surface area contributed by atoms with Crippen LogP contribution >= 0.6 is 12.2 Å². The number of benzene rings is 1. The van der Waals surface area contributed by atoms with Crippen LogP contribution in [0.1, 0.15) is 10.4 Å². The van der Waals surface area contributed by atoms with Gasteiger partial charge in [-0.1, -0.05) is 12.1 Å². The van der Waals surface area contributed by atoms with E-state index in [1.54, 1.807) is 29.0 Å². The number of primary amides is 1. The molecule has 2 heterocycles. The van der Waals surface area contributed by atoms with Crippen molar-refractivity contribution in [2.75, 3.05) is 0 Å². The monoisotopic (exact) mass is 297 g/mol. The predicted octanol–water partition coefficient (Wildman–Crippen LogP) is 2.09. The molecule has 1 aromatic carbocycles. The van der Waals surface area contributed by atoms with E-state index >= 15 is 0 Å². The Morgan fingerprint density at radius 2 is 2.10 bits per heavy atom. The first kappa shape index (κ1) is 13.2. The molecule has 0 saturated carbocycles. The zero-order chi connectivity index (χ0) is 14.8. The van der Waals surface area contributed by atoms with E-state index in [0.717, 1.165) is 0 Å². The lowest BCUT2D eigenvalue weighted by Crippen LogP contribution is -2.11. The molecule has 2 aromatic heterocycles. The number of H-pyrrole nitrogens is 1. The maximum Gasteiger partial charge on any atom is 0.248 e. The number of carbonyl (C=O) groups excluding carboxylic acids is 1.